The Labute approximate surface area is 178 Å². The van der Waals surface area contributed by atoms with Crippen molar-refractivity contribution >= 4 is 11.4 Å². The highest BCUT2D eigenvalue weighted by molar-refractivity contribution is 5.89. The smallest absolute Gasteiger partial charge is 0.0829 e. The molecule has 0 aliphatic heterocycles. The molecule has 0 unspecified atom stereocenters. The lowest BCUT2D eigenvalue weighted by atomic mass is 9.70. The molecule has 2 aromatic rings. The van der Waals surface area contributed by atoms with Crippen LogP contribution in [0.4, 0.5) is 0 Å². The van der Waals surface area contributed by atoms with Crippen LogP contribution in [0.3, 0.4) is 0 Å². The quantitative estimate of drug-likeness (QED) is 0.612. The molecule has 2 aliphatic rings. The zero-order valence-corrected chi connectivity index (χ0v) is 17.2. The van der Waals surface area contributed by atoms with Gasteiger partial charge < -0.3 is 0 Å². The lowest BCUT2D eigenvalue weighted by Crippen LogP contribution is -2.31. The predicted molar refractivity (Wildman–Crippen MR) is 119 cm³/mol. The van der Waals surface area contributed by atoms with E-state index >= 15 is 0 Å². The number of nitriles is 2. The minimum Gasteiger partial charge on any atom is -0.197 e. The molecule has 0 N–H and O–H groups in total. The highest BCUT2D eigenvalue weighted by atomic mass is 15.2. The van der Waals surface area contributed by atoms with Crippen molar-refractivity contribution in [3.05, 3.63) is 71.8 Å². The fourth-order valence-corrected chi connectivity index (χ4v) is 4.72. The maximum Gasteiger partial charge on any atom is 0.0829 e. The van der Waals surface area contributed by atoms with Crippen LogP contribution in [0.5, 0.6) is 0 Å². The summed E-state index contributed by atoms with van der Waals surface area (Å²) in [5.41, 5.74) is 3.59. The summed E-state index contributed by atoms with van der Waals surface area (Å²) in [6.45, 7) is 0. The molecule has 4 nitrogen and oxygen atoms in total. The average molecular weight is 395 g/mol. The zero-order chi connectivity index (χ0) is 20.9. The number of nitrogens with zero attached hydrogens (tertiary/aromatic N) is 4. The van der Waals surface area contributed by atoms with Crippen LogP contribution in [0.2, 0.25) is 0 Å². The number of benzene rings is 2. The summed E-state index contributed by atoms with van der Waals surface area (Å²) >= 11 is 0. The first kappa shape index (κ1) is 20.0. The molecule has 2 aromatic carbocycles. The van der Waals surface area contributed by atoms with Gasteiger partial charge in [-0.3, -0.25) is 0 Å². The SMILES string of the molecule is N#CC1(c2ccccc2)CCC(=NN=C2CCC(C#N)(c3ccccc3)CC2)CC1. The van der Waals surface area contributed by atoms with Gasteiger partial charge in [0.1, 0.15) is 0 Å². The first-order chi connectivity index (χ1) is 14.7. The second kappa shape index (κ2) is 8.64. The summed E-state index contributed by atoms with van der Waals surface area (Å²) < 4.78 is 0. The molecule has 150 valence electrons. The van der Waals surface area contributed by atoms with Crippen molar-refractivity contribution in [3.8, 4) is 12.1 Å². The molecule has 2 aliphatic carbocycles. The van der Waals surface area contributed by atoms with Gasteiger partial charge in [0.2, 0.25) is 0 Å². The van der Waals surface area contributed by atoms with Crippen molar-refractivity contribution in [1.82, 2.24) is 0 Å². The molecule has 0 radical (unpaired) electrons. The van der Waals surface area contributed by atoms with Gasteiger partial charge in [-0.25, -0.2) is 0 Å². The van der Waals surface area contributed by atoms with Gasteiger partial charge in [-0.15, -0.1) is 0 Å². The summed E-state index contributed by atoms with van der Waals surface area (Å²) in [5.74, 6) is 0. The third-order valence-corrected chi connectivity index (χ3v) is 6.78. The fourth-order valence-electron chi connectivity index (χ4n) is 4.72. The van der Waals surface area contributed by atoms with Gasteiger partial charge in [-0.2, -0.15) is 20.7 Å². The minimum atomic E-state index is -0.402. The molecule has 0 bridgehead atoms. The lowest BCUT2D eigenvalue weighted by molar-refractivity contribution is 0.452. The number of hydrogen-bond donors (Lipinski definition) is 0. The van der Waals surface area contributed by atoms with Crippen LogP contribution in [-0.2, 0) is 10.8 Å². The van der Waals surface area contributed by atoms with E-state index in [1.54, 1.807) is 0 Å². The summed E-state index contributed by atoms with van der Waals surface area (Å²) in [6.07, 6.45) is 6.42. The maximum absolute atomic E-state index is 9.84. The number of hydrogen-bond acceptors (Lipinski definition) is 4. The van der Waals surface area contributed by atoms with E-state index in [2.05, 4.69) is 46.6 Å². The van der Waals surface area contributed by atoms with Gasteiger partial charge in [0, 0.05) is 11.4 Å². The van der Waals surface area contributed by atoms with E-state index in [1.165, 1.54) is 0 Å². The highest BCUT2D eigenvalue weighted by Crippen LogP contribution is 2.39. The largest absolute Gasteiger partial charge is 0.197 e. The van der Waals surface area contributed by atoms with E-state index in [1.807, 2.05) is 36.4 Å². The molecule has 4 heteroatoms. The van der Waals surface area contributed by atoms with Crippen LogP contribution in [0.1, 0.15) is 62.5 Å². The first-order valence-electron chi connectivity index (χ1n) is 10.7. The lowest BCUT2D eigenvalue weighted by Gasteiger charge is -2.32. The molecular weight excluding hydrogens is 368 g/mol. The predicted octanol–water partition coefficient (Wildman–Crippen LogP) is 5.85. The van der Waals surface area contributed by atoms with Crippen LogP contribution >= 0.6 is 0 Å². The summed E-state index contributed by atoms with van der Waals surface area (Å²) in [4.78, 5) is 0. The van der Waals surface area contributed by atoms with Crippen molar-refractivity contribution in [3.63, 3.8) is 0 Å². The Morgan fingerprint density at radius 1 is 0.567 bits per heavy atom. The Bertz CT molecular complexity index is 917. The molecule has 0 saturated heterocycles. The van der Waals surface area contributed by atoms with E-state index in [9.17, 15) is 10.5 Å². The molecule has 30 heavy (non-hydrogen) atoms. The zero-order valence-electron chi connectivity index (χ0n) is 17.2. The second-order valence-corrected chi connectivity index (χ2v) is 8.45. The first-order valence-corrected chi connectivity index (χ1v) is 10.7. The van der Waals surface area contributed by atoms with Gasteiger partial charge >= 0.3 is 0 Å². The van der Waals surface area contributed by atoms with E-state index < -0.39 is 10.8 Å². The standard InChI is InChI=1S/C26H26N4/c27-19-25(21-7-3-1-4-8-21)15-11-23(12-16-25)29-30-24-13-17-26(20-28,18-14-24)22-9-5-2-6-10-22/h1-10H,11-18H2. The van der Waals surface area contributed by atoms with Crippen LogP contribution in [0, 0.1) is 22.7 Å². The van der Waals surface area contributed by atoms with Crippen molar-refractivity contribution in [1.29, 1.82) is 10.5 Å². The van der Waals surface area contributed by atoms with Crippen molar-refractivity contribution < 1.29 is 0 Å². The van der Waals surface area contributed by atoms with E-state index in [4.69, 9.17) is 0 Å². The van der Waals surface area contributed by atoms with E-state index in [-0.39, 0.29) is 0 Å². The number of rotatable bonds is 3. The summed E-state index contributed by atoms with van der Waals surface area (Å²) in [6, 6.07) is 25.4. The van der Waals surface area contributed by atoms with Gasteiger partial charge in [0.05, 0.1) is 23.0 Å². The van der Waals surface area contributed by atoms with Crippen LogP contribution in [0.15, 0.2) is 70.9 Å². The molecular formula is C26H26N4. The Morgan fingerprint density at radius 3 is 1.20 bits per heavy atom. The van der Waals surface area contributed by atoms with Gasteiger partial charge in [0.25, 0.3) is 0 Å². The van der Waals surface area contributed by atoms with Crippen molar-refractivity contribution in [2.24, 2.45) is 10.2 Å². The summed E-state index contributed by atoms with van der Waals surface area (Å²) in [5, 5.41) is 28.8. The van der Waals surface area contributed by atoms with Crippen molar-refractivity contribution in [2.75, 3.05) is 0 Å². The normalized spacial score (nSPS) is 26.3. The molecule has 0 spiro atoms. The molecule has 2 saturated carbocycles. The van der Waals surface area contributed by atoms with E-state index in [0.717, 1.165) is 73.9 Å². The highest BCUT2D eigenvalue weighted by Gasteiger charge is 2.37. The van der Waals surface area contributed by atoms with Crippen LogP contribution < -0.4 is 0 Å². The monoisotopic (exact) mass is 394 g/mol. The topological polar surface area (TPSA) is 72.3 Å². The Balaban J connectivity index is 1.40. The van der Waals surface area contributed by atoms with Crippen molar-refractivity contribution in [2.45, 2.75) is 62.2 Å². The molecule has 0 atom stereocenters. The molecule has 0 aromatic heterocycles. The maximum atomic E-state index is 9.84. The second-order valence-electron chi connectivity index (χ2n) is 8.45. The molecule has 2 fully saturated rings. The van der Waals surface area contributed by atoms with Gasteiger partial charge in [0.15, 0.2) is 0 Å². The Kier molecular flexibility index (Phi) is 5.77. The molecule has 0 amide bonds. The Hall–Kier alpha value is -3.24. The molecule has 0 heterocycles. The average Bonchev–Trinajstić information content (AvgIpc) is 2.84. The van der Waals surface area contributed by atoms with Crippen LogP contribution in [-0.4, -0.2) is 11.4 Å². The van der Waals surface area contributed by atoms with Gasteiger partial charge in [-0.1, -0.05) is 60.7 Å². The van der Waals surface area contributed by atoms with E-state index in [0.29, 0.717) is 0 Å². The third-order valence-electron chi connectivity index (χ3n) is 6.78. The summed E-state index contributed by atoms with van der Waals surface area (Å²) in [7, 11) is 0. The van der Waals surface area contributed by atoms with Crippen LogP contribution in [0.25, 0.3) is 0 Å². The minimum absolute atomic E-state index is 0.402. The Morgan fingerprint density at radius 2 is 0.900 bits per heavy atom. The molecule has 4 rings (SSSR count). The van der Waals surface area contributed by atoms with Gasteiger partial charge in [-0.05, 0) is 62.5 Å². The fraction of sp³-hybridized carbons (Fsp3) is 0.385. The third kappa shape index (κ3) is 3.91.